The first-order valence-corrected chi connectivity index (χ1v) is 15.4. The van der Waals surface area contributed by atoms with Crippen LogP contribution in [-0.4, -0.2) is 73.0 Å². The summed E-state index contributed by atoms with van der Waals surface area (Å²) >= 11 is 6.10. The molecule has 10 heteroatoms. The van der Waals surface area contributed by atoms with Gasteiger partial charge in [-0.15, -0.1) is 0 Å². The Morgan fingerprint density at radius 3 is 2.51 bits per heavy atom. The second-order valence-corrected chi connectivity index (χ2v) is 12.9. The van der Waals surface area contributed by atoms with Crippen molar-refractivity contribution in [3.05, 3.63) is 63.9 Å². The van der Waals surface area contributed by atoms with E-state index < -0.39 is 11.4 Å². The minimum Gasteiger partial charge on any atom is -0.496 e. The number of methoxy groups -OCH3 is 1. The number of carbonyl (C=O) groups excluding carboxylic acids is 2. The van der Waals surface area contributed by atoms with E-state index in [0.717, 1.165) is 29.7 Å². The summed E-state index contributed by atoms with van der Waals surface area (Å²) in [4.78, 5) is 30.5. The van der Waals surface area contributed by atoms with Crippen LogP contribution in [0, 0.1) is 18.7 Å². The Balaban J connectivity index is 1.32. The van der Waals surface area contributed by atoms with E-state index in [2.05, 4.69) is 0 Å². The van der Waals surface area contributed by atoms with Gasteiger partial charge in [0.25, 0.3) is 0 Å². The number of aryl methyl sites for hydroxylation is 1. The summed E-state index contributed by atoms with van der Waals surface area (Å²) in [5, 5.41) is 0.321. The van der Waals surface area contributed by atoms with Gasteiger partial charge < -0.3 is 28.7 Å². The normalized spacial score (nSPS) is 20.9. The third kappa shape index (κ3) is 9.30. The summed E-state index contributed by atoms with van der Waals surface area (Å²) in [6.45, 7) is 10.0. The number of hydrogen-bond donors (Lipinski definition) is 0. The number of benzene rings is 2. The van der Waals surface area contributed by atoms with Crippen molar-refractivity contribution in [3.63, 3.8) is 0 Å². The Labute approximate surface area is 259 Å². The molecule has 4 rings (SSSR count). The van der Waals surface area contributed by atoms with E-state index in [1.807, 2.05) is 55.7 Å². The van der Waals surface area contributed by atoms with Crippen LogP contribution in [0.3, 0.4) is 0 Å². The van der Waals surface area contributed by atoms with Crippen molar-refractivity contribution in [3.8, 4) is 5.75 Å². The van der Waals surface area contributed by atoms with Crippen LogP contribution in [0.4, 0.5) is 9.18 Å². The Hall–Kier alpha value is -2.88. The first kappa shape index (κ1) is 33.0. The van der Waals surface area contributed by atoms with Crippen LogP contribution in [0.5, 0.6) is 5.75 Å². The lowest BCUT2D eigenvalue weighted by Gasteiger charge is -2.40. The number of amides is 2. The first-order chi connectivity index (χ1) is 20.4. The number of nitrogens with zero attached hydrogens (tertiary/aromatic N) is 2. The molecule has 2 aromatic carbocycles. The monoisotopic (exact) mass is 618 g/mol. The molecule has 0 radical (unpaired) electrons. The van der Waals surface area contributed by atoms with Crippen LogP contribution in [0.1, 0.15) is 63.1 Å². The summed E-state index contributed by atoms with van der Waals surface area (Å²) in [7, 11) is 1.64. The summed E-state index contributed by atoms with van der Waals surface area (Å²) < 4.78 is 36.1. The predicted octanol–water partition coefficient (Wildman–Crippen LogP) is 6.54. The van der Waals surface area contributed by atoms with Gasteiger partial charge in [0.15, 0.2) is 0 Å². The number of rotatable bonds is 9. The van der Waals surface area contributed by atoms with E-state index in [1.165, 1.54) is 12.1 Å². The van der Waals surface area contributed by atoms with Gasteiger partial charge in [0.05, 0.1) is 33.0 Å². The van der Waals surface area contributed by atoms with Gasteiger partial charge in [-0.2, -0.15) is 0 Å². The van der Waals surface area contributed by atoms with E-state index in [0.29, 0.717) is 56.3 Å². The Morgan fingerprint density at radius 2 is 1.86 bits per heavy atom. The molecule has 1 saturated carbocycles. The molecule has 1 aliphatic heterocycles. The van der Waals surface area contributed by atoms with Crippen LogP contribution in [0.15, 0.2) is 36.4 Å². The number of halogens is 2. The third-order valence-corrected chi connectivity index (χ3v) is 8.31. The molecule has 1 aliphatic carbocycles. The third-order valence-electron chi connectivity index (χ3n) is 7.95. The van der Waals surface area contributed by atoms with Crippen molar-refractivity contribution in [2.75, 3.05) is 33.4 Å². The summed E-state index contributed by atoms with van der Waals surface area (Å²) in [5.41, 5.74) is 2.10. The van der Waals surface area contributed by atoms with Crippen LogP contribution in [0.2, 0.25) is 5.02 Å². The standard InChI is InChI=1S/C33H44ClFN2O6/c1-22-16-23(6-13-30(22)40-5)18-37(32(39)43-33(2,3)4)27-11-8-24(9-12-27)31(38)36-14-15-42-28(19-36)21-41-20-25-7-10-26(35)17-29(25)34/h6-7,10,13,16-17,24,27-28H,8-9,11-12,14-15,18-21H2,1-5H3. The zero-order valence-electron chi connectivity index (χ0n) is 25.9. The SMILES string of the molecule is COc1ccc(CN(C(=O)OC(C)(C)C)C2CCC(C(=O)N3CCOC(COCc4ccc(F)cc4Cl)C3)CC2)cc1C. The molecular formula is C33H44ClFN2O6. The minimum absolute atomic E-state index is 0.0227. The Morgan fingerprint density at radius 1 is 1.12 bits per heavy atom. The molecule has 2 fully saturated rings. The summed E-state index contributed by atoms with van der Waals surface area (Å²) in [6, 6.07) is 10.1. The molecular weight excluding hydrogens is 575 g/mol. The maximum atomic E-state index is 13.5. The highest BCUT2D eigenvalue weighted by atomic mass is 35.5. The molecule has 1 saturated heterocycles. The van der Waals surface area contributed by atoms with Crippen LogP contribution < -0.4 is 4.74 Å². The smallest absolute Gasteiger partial charge is 0.410 e. The summed E-state index contributed by atoms with van der Waals surface area (Å²) in [6.07, 6.45) is 2.26. The zero-order chi connectivity index (χ0) is 31.1. The average Bonchev–Trinajstić information content (AvgIpc) is 2.96. The van der Waals surface area contributed by atoms with E-state index in [9.17, 15) is 14.0 Å². The molecule has 0 spiro atoms. The second-order valence-electron chi connectivity index (χ2n) is 12.4. The van der Waals surface area contributed by atoms with Crippen LogP contribution in [-0.2, 0) is 32.2 Å². The average molecular weight is 619 g/mol. The molecule has 0 aromatic heterocycles. The van der Waals surface area contributed by atoms with Crippen molar-refractivity contribution in [2.45, 2.75) is 84.3 Å². The minimum atomic E-state index is -0.611. The molecule has 0 bridgehead atoms. The molecule has 2 aromatic rings. The predicted molar refractivity (Wildman–Crippen MR) is 163 cm³/mol. The summed E-state index contributed by atoms with van der Waals surface area (Å²) in [5.74, 6) is 0.443. The van der Waals surface area contributed by atoms with Gasteiger partial charge in [-0.05, 0) is 88.3 Å². The van der Waals surface area contributed by atoms with Gasteiger partial charge in [-0.25, -0.2) is 9.18 Å². The zero-order valence-corrected chi connectivity index (χ0v) is 26.6. The molecule has 1 heterocycles. The van der Waals surface area contributed by atoms with Gasteiger partial charge in [0.2, 0.25) is 5.91 Å². The van der Waals surface area contributed by atoms with Crippen molar-refractivity contribution in [1.82, 2.24) is 9.80 Å². The molecule has 43 heavy (non-hydrogen) atoms. The highest BCUT2D eigenvalue weighted by Gasteiger charge is 2.36. The van der Waals surface area contributed by atoms with Crippen molar-refractivity contribution in [1.29, 1.82) is 0 Å². The lowest BCUT2D eigenvalue weighted by molar-refractivity contribution is -0.147. The number of hydrogen-bond acceptors (Lipinski definition) is 6. The fourth-order valence-corrected chi connectivity index (χ4v) is 5.97. The van der Waals surface area contributed by atoms with Gasteiger partial charge in [0, 0.05) is 36.6 Å². The van der Waals surface area contributed by atoms with Crippen molar-refractivity contribution >= 4 is 23.6 Å². The van der Waals surface area contributed by atoms with Crippen LogP contribution >= 0.6 is 11.6 Å². The Bertz CT molecular complexity index is 1260. The maximum Gasteiger partial charge on any atom is 0.410 e. The van der Waals surface area contributed by atoms with Gasteiger partial charge in [0.1, 0.15) is 17.2 Å². The largest absolute Gasteiger partial charge is 0.496 e. The van der Waals surface area contributed by atoms with E-state index >= 15 is 0 Å². The van der Waals surface area contributed by atoms with Crippen molar-refractivity contribution in [2.24, 2.45) is 5.92 Å². The molecule has 236 valence electrons. The van der Waals surface area contributed by atoms with Gasteiger partial charge in [-0.3, -0.25) is 4.79 Å². The maximum absolute atomic E-state index is 13.5. The van der Waals surface area contributed by atoms with E-state index in [4.69, 9.17) is 30.5 Å². The lowest BCUT2D eigenvalue weighted by atomic mass is 9.84. The quantitative estimate of drug-likeness (QED) is 0.318. The molecule has 8 nitrogen and oxygen atoms in total. The number of ether oxygens (including phenoxy) is 4. The number of carbonyl (C=O) groups is 2. The van der Waals surface area contributed by atoms with E-state index in [-0.39, 0.29) is 36.7 Å². The molecule has 1 atom stereocenters. The molecule has 2 aliphatic rings. The first-order valence-electron chi connectivity index (χ1n) is 15.0. The highest BCUT2D eigenvalue weighted by molar-refractivity contribution is 6.31. The van der Waals surface area contributed by atoms with E-state index in [1.54, 1.807) is 13.2 Å². The fraction of sp³-hybridized carbons (Fsp3) is 0.576. The van der Waals surface area contributed by atoms with Gasteiger partial charge in [-0.1, -0.05) is 29.8 Å². The Kier molecular flexibility index (Phi) is 11.3. The topological polar surface area (TPSA) is 77.5 Å². The van der Waals surface area contributed by atoms with Crippen molar-refractivity contribution < 1.29 is 32.9 Å². The molecule has 2 amide bonds. The van der Waals surface area contributed by atoms with Crippen LogP contribution in [0.25, 0.3) is 0 Å². The second kappa shape index (κ2) is 14.7. The lowest BCUT2D eigenvalue weighted by Crippen LogP contribution is -2.50. The fourth-order valence-electron chi connectivity index (χ4n) is 5.75. The highest BCUT2D eigenvalue weighted by Crippen LogP contribution is 2.32. The number of morpholine rings is 1. The van der Waals surface area contributed by atoms with Gasteiger partial charge >= 0.3 is 6.09 Å². The molecule has 1 unspecified atom stereocenters. The molecule has 0 N–H and O–H groups in total.